The Morgan fingerprint density at radius 2 is 1.88 bits per heavy atom. The van der Waals surface area contributed by atoms with E-state index in [1.54, 1.807) is 17.6 Å². The quantitative estimate of drug-likeness (QED) is 0.756. The van der Waals surface area contributed by atoms with Crippen molar-refractivity contribution in [3.63, 3.8) is 0 Å². The number of carbonyl (C=O) groups excluding carboxylic acids is 1. The molecule has 2 aromatic heterocycles. The Hall–Kier alpha value is -3.16. The van der Waals surface area contributed by atoms with Crippen molar-refractivity contribution in [3.8, 4) is 0 Å². The monoisotopic (exact) mass is 354 g/mol. The summed E-state index contributed by atoms with van der Waals surface area (Å²) in [5.41, 5.74) is 2.78. The number of fused-ring (bicyclic) bond motifs is 2. The van der Waals surface area contributed by atoms with Gasteiger partial charge in [-0.2, -0.15) is 0 Å². The second-order valence-corrected chi connectivity index (χ2v) is 6.65. The summed E-state index contributed by atoms with van der Waals surface area (Å²) in [5, 5.41) is 18.4. The Balaban J connectivity index is 1.73. The highest BCUT2D eigenvalue weighted by atomic mass is 16.4. The molecule has 8 nitrogen and oxygen atoms in total. The Kier molecular flexibility index (Phi) is 3.57. The van der Waals surface area contributed by atoms with E-state index < -0.39 is 17.9 Å². The number of aromatic nitrogens is 3. The molecular weight excluding hydrogens is 336 g/mol. The molecule has 0 saturated heterocycles. The topological polar surface area (TPSA) is 101 Å². The molecule has 3 aromatic rings. The summed E-state index contributed by atoms with van der Waals surface area (Å²) in [4.78, 5) is 26.0. The van der Waals surface area contributed by atoms with Gasteiger partial charge in [0.25, 0.3) is 5.91 Å². The molecule has 1 unspecified atom stereocenters. The lowest BCUT2D eigenvalue weighted by atomic mass is 10.1. The molecule has 0 spiro atoms. The van der Waals surface area contributed by atoms with Crippen molar-refractivity contribution in [1.29, 1.82) is 0 Å². The van der Waals surface area contributed by atoms with Crippen LogP contribution in [0.25, 0.3) is 11.0 Å². The van der Waals surface area contributed by atoms with Gasteiger partial charge in [0.1, 0.15) is 17.4 Å². The van der Waals surface area contributed by atoms with Crippen molar-refractivity contribution in [1.82, 2.24) is 19.7 Å². The number of furan rings is 1. The van der Waals surface area contributed by atoms with Crippen molar-refractivity contribution in [2.75, 3.05) is 0 Å². The van der Waals surface area contributed by atoms with E-state index in [9.17, 15) is 14.7 Å². The van der Waals surface area contributed by atoms with Crippen LogP contribution in [0.1, 0.15) is 33.3 Å². The predicted molar refractivity (Wildman–Crippen MR) is 91.7 cm³/mol. The van der Waals surface area contributed by atoms with E-state index in [0.717, 1.165) is 16.5 Å². The van der Waals surface area contributed by atoms with E-state index in [1.807, 2.05) is 26.0 Å². The third kappa shape index (κ3) is 2.45. The van der Waals surface area contributed by atoms with E-state index in [0.29, 0.717) is 17.2 Å². The molecular formula is C18H18N4O4. The fourth-order valence-corrected chi connectivity index (χ4v) is 3.29. The molecule has 1 N–H and O–H groups in total. The Morgan fingerprint density at radius 1 is 1.15 bits per heavy atom. The van der Waals surface area contributed by atoms with Crippen molar-refractivity contribution in [2.24, 2.45) is 0 Å². The lowest BCUT2D eigenvalue weighted by molar-refractivity contribution is -0.143. The minimum Gasteiger partial charge on any atom is -0.480 e. The van der Waals surface area contributed by atoms with Gasteiger partial charge in [0, 0.05) is 5.39 Å². The summed E-state index contributed by atoms with van der Waals surface area (Å²) in [6, 6.07) is 4.50. The van der Waals surface area contributed by atoms with E-state index >= 15 is 0 Å². The van der Waals surface area contributed by atoms with Crippen LogP contribution in [0.5, 0.6) is 0 Å². The molecule has 8 heteroatoms. The van der Waals surface area contributed by atoms with Gasteiger partial charge in [-0.15, -0.1) is 10.2 Å². The largest absolute Gasteiger partial charge is 0.480 e. The third-order valence-corrected chi connectivity index (χ3v) is 4.95. The molecule has 1 aliphatic heterocycles. The average molecular weight is 354 g/mol. The molecule has 1 aliphatic rings. The number of carbonyl (C=O) groups is 2. The number of carboxylic acid groups (broad SMARTS) is 1. The maximum atomic E-state index is 13.0. The van der Waals surface area contributed by atoms with Crippen molar-refractivity contribution < 1.29 is 19.1 Å². The number of benzene rings is 1. The zero-order chi connectivity index (χ0) is 18.6. The van der Waals surface area contributed by atoms with Gasteiger partial charge < -0.3 is 19.0 Å². The molecule has 1 atom stereocenters. The molecule has 26 heavy (non-hydrogen) atoms. The lowest BCUT2D eigenvalue weighted by Gasteiger charge is -2.32. The van der Waals surface area contributed by atoms with E-state index in [1.165, 1.54) is 4.90 Å². The first-order chi connectivity index (χ1) is 12.3. The maximum Gasteiger partial charge on any atom is 0.328 e. The zero-order valence-corrected chi connectivity index (χ0v) is 14.7. The zero-order valence-electron chi connectivity index (χ0n) is 14.7. The van der Waals surface area contributed by atoms with Crippen LogP contribution in [0.4, 0.5) is 0 Å². The minimum atomic E-state index is -1.07. The van der Waals surface area contributed by atoms with Gasteiger partial charge in [-0.1, -0.05) is 0 Å². The van der Waals surface area contributed by atoms with Crippen LogP contribution in [0.15, 0.2) is 22.6 Å². The highest BCUT2D eigenvalue weighted by Crippen LogP contribution is 2.26. The summed E-state index contributed by atoms with van der Waals surface area (Å²) >= 11 is 0. The molecule has 4 rings (SSSR count). The average Bonchev–Trinajstić information content (AvgIpc) is 3.17. The number of nitrogens with zero attached hydrogens (tertiary/aromatic N) is 4. The van der Waals surface area contributed by atoms with Crippen molar-refractivity contribution in [3.05, 3.63) is 46.7 Å². The Bertz CT molecular complexity index is 1010. The molecule has 0 saturated carbocycles. The van der Waals surface area contributed by atoms with Gasteiger partial charge in [0.05, 0.1) is 13.1 Å². The molecule has 1 aromatic carbocycles. The number of amides is 1. The van der Waals surface area contributed by atoms with Crippen molar-refractivity contribution in [2.45, 2.75) is 39.9 Å². The van der Waals surface area contributed by atoms with Gasteiger partial charge in [0.2, 0.25) is 0 Å². The first-order valence-corrected chi connectivity index (χ1v) is 8.28. The standard InChI is InChI=1S/C18H18N4O4/c1-9-4-12-6-15(26-14(12)5-10(9)2)17(23)22-8-16-20-19-11(3)21(16)7-13(22)18(24)25/h4-6,13H,7-8H2,1-3H3,(H,24,25). The highest BCUT2D eigenvalue weighted by molar-refractivity contribution is 5.98. The van der Waals surface area contributed by atoms with Crippen LogP contribution in [0, 0.1) is 20.8 Å². The SMILES string of the molecule is Cc1cc2cc(C(=O)N3Cc4nnc(C)n4CC3C(=O)O)oc2cc1C. The molecule has 0 fully saturated rings. The molecule has 0 aliphatic carbocycles. The van der Waals surface area contributed by atoms with Crippen molar-refractivity contribution >= 4 is 22.8 Å². The molecule has 0 bridgehead atoms. The maximum absolute atomic E-state index is 13.0. The normalized spacial score (nSPS) is 16.7. The summed E-state index contributed by atoms with van der Waals surface area (Å²) in [6.45, 7) is 5.92. The summed E-state index contributed by atoms with van der Waals surface area (Å²) < 4.78 is 7.44. The fraction of sp³-hybridized carbons (Fsp3) is 0.333. The third-order valence-electron chi connectivity index (χ3n) is 4.95. The first kappa shape index (κ1) is 16.3. The summed E-state index contributed by atoms with van der Waals surface area (Å²) in [7, 11) is 0. The smallest absolute Gasteiger partial charge is 0.328 e. The van der Waals surface area contributed by atoms with E-state index in [4.69, 9.17) is 4.42 Å². The Morgan fingerprint density at radius 3 is 2.62 bits per heavy atom. The number of carboxylic acids is 1. The highest BCUT2D eigenvalue weighted by Gasteiger charge is 2.37. The predicted octanol–water partition coefficient (Wildman–Crippen LogP) is 2.06. The van der Waals surface area contributed by atoms with E-state index in [-0.39, 0.29) is 18.8 Å². The summed E-state index contributed by atoms with van der Waals surface area (Å²) in [6.07, 6.45) is 0. The van der Waals surface area contributed by atoms with Gasteiger partial charge >= 0.3 is 5.97 Å². The second-order valence-electron chi connectivity index (χ2n) is 6.65. The number of hydrogen-bond donors (Lipinski definition) is 1. The molecule has 134 valence electrons. The Labute approximate surface area is 149 Å². The number of hydrogen-bond acceptors (Lipinski definition) is 5. The minimum absolute atomic E-state index is 0.0751. The first-order valence-electron chi connectivity index (χ1n) is 8.28. The number of rotatable bonds is 2. The molecule has 3 heterocycles. The number of aliphatic carboxylic acids is 1. The van der Waals surface area contributed by atoms with Crippen LogP contribution in [0.3, 0.4) is 0 Å². The number of aryl methyl sites for hydroxylation is 3. The van der Waals surface area contributed by atoms with Crippen LogP contribution >= 0.6 is 0 Å². The van der Waals surface area contributed by atoms with Crippen LogP contribution in [-0.2, 0) is 17.9 Å². The van der Waals surface area contributed by atoms with Gasteiger partial charge in [0.15, 0.2) is 11.6 Å². The van der Waals surface area contributed by atoms with Gasteiger partial charge in [-0.3, -0.25) is 4.79 Å². The summed E-state index contributed by atoms with van der Waals surface area (Å²) in [5.74, 6) is -0.208. The van der Waals surface area contributed by atoms with Gasteiger partial charge in [-0.05, 0) is 50.1 Å². The van der Waals surface area contributed by atoms with Crippen LogP contribution in [0.2, 0.25) is 0 Å². The van der Waals surface area contributed by atoms with Crippen LogP contribution < -0.4 is 0 Å². The lowest BCUT2D eigenvalue weighted by Crippen LogP contribution is -2.50. The van der Waals surface area contributed by atoms with Gasteiger partial charge in [-0.25, -0.2) is 4.79 Å². The van der Waals surface area contributed by atoms with Crippen LogP contribution in [-0.4, -0.2) is 42.7 Å². The van der Waals surface area contributed by atoms with E-state index in [2.05, 4.69) is 10.2 Å². The molecule has 0 radical (unpaired) electrons. The fourth-order valence-electron chi connectivity index (χ4n) is 3.29. The second kappa shape index (κ2) is 5.69. The molecule has 1 amide bonds.